The zero-order valence-electron chi connectivity index (χ0n) is 18.9. The summed E-state index contributed by atoms with van der Waals surface area (Å²) in [7, 11) is 0. The molecule has 2 aliphatic rings. The quantitative estimate of drug-likeness (QED) is 0.474. The SMILES string of the molecule is O=C(NC1CCCC1)c1ccc(NC(=O)c2cnn(-c3cccc(C(F)(F)F)c3)c2C2CC2)cc1. The Morgan fingerprint density at radius 3 is 2.31 bits per heavy atom. The predicted octanol–water partition coefficient (Wildman–Crippen LogP) is 5.69. The van der Waals surface area contributed by atoms with Gasteiger partial charge in [-0.25, -0.2) is 4.68 Å². The summed E-state index contributed by atoms with van der Waals surface area (Å²) in [6.07, 6.45) is 2.86. The Bertz CT molecular complexity index is 1240. The standard InChI is InChI=1S/C26H25F3N4O2/c27-26(28,29)18-4-3-7-21(14-18)33-23(16-8-9-16)22(15-30-33)25(35)32-20-12-10-17(11-13-20)24(34)31-19-5-1-2-6-19/h3-4,7,10-16,19H,1-2,5-6,8-9H2,(H,31,34)(H,32,35). The summed E-state index contributed by atoms with van der Waals surface area (Å²) in [5.41, 5.74) is 1.46. The van der Waals surface area contributed by atoms with Crippen LogP contribution in [0, 0.1) is 0 Å². The molecule has 2 aromatic carbocycles. The van der Waals surface area contributed by atoms with Gasteiger partial charge in [0.1, 0.15) is 0 Å². The van der Waals surface area contributed by atoms with Crippen LogP contribution in [0.5, 0.6) is 0 Å². The van der Waals surface area contributed by atoms with Crippen LogP contribution in [0.3, 0.4) is 0 Å². The Morgan fingerprint density at radius 1 is 0.943 bits per heavy atom. The lowest BCUT2D eigenvalue weighted by atomic mass is 10.1. The van der Waals surface area contributed by atoms with Crippen LogP contribution in [0.2, 0.25) is 0 Å². The number of nitrogens with zero attached hydrogens (tertiary/aromatic N) is 2. The highest BCUT2D eigenvalue weighted by molar-refractivity contribution is 6.05. The first-order valence-electron chi connectivity index (χ1n) is 11.8. The fourth-order valence-electron chi connectivity index (χ4n) is 4.54. The van der Waals surface area contributed by atoms with Crippen molar-refractivity contribution in [3.05, 3.63) is 77.1 Å². The largest absolute Gasteiger partial charge is 0.416 e. The van der Waals surface area contributed by atoms with E-state index in [0.29, 0.717) is 22.5 Å². The number of rotatable bonds is 6. The molecule has 2 saturated carbocycles. The van der Waals surface area contributed by atoms with Crippen LogP contribution in [-0.4, -0.2) is 27.6 Å². The van der Waals surface area contributed by atoms with Crippen LogP contribution in [-0.2, 0) is 6.18 Å². The molecule has 1 heterocycles. The molecule has 0 radical (unpaired) electrons. The highest BCUT2D eigenvalue weighted by Crippen LogP contribution is 2.43. The Hall–Kier alpha value is -3.62. The van der Waals surface area contributed by atoms with Crippen LogP contribution in [0.15, 0.2) is 54.7 Å². The molecular weight excluding hydrogens is 457 g/mol. The fourth-order valence-corrected chi connectivity index (χ4v) is 4.54. The van der Waals surface area contributed by atoms with Gasteiger partial charge in [-0.05, 0) is 68.1 Å². The molecule has 0 aliphatic heterocycles. The Kier molecular flexibility index (Phi) is 6.08. The molecule has 0 atom stereocenters. The third-order valence-corrected chi connectivity index (χ3v) is 6.53. The minimum atomic E-state index is -4.47. The number of carbonyl (C=O) groups excluding carboxylic acids is 2. The van der Waals surface area contributed by atoms with E-state index in [4.69, 9.17) is 0 Å². The van der Waals surface area contributed by atoms with Gasteiger partial charge in [-0.15, -0.1) is 0 Å². The van der Waals surface area contributed by atoms with E-state index in [-0.39, 0.29) is 23.6 Å². The molecule has 0 saturated heterocycles. The van der Waals surface area contributed by atoms with Gasteiger partial charge in [0.05, 0.1) is 28.7 Å². The zero-order valence-corrected chi connectivity index (χ0v) is 18.9. The summed E-state index contributed by atoms with van der Waals surface area (Å²) in [6, 6.07) is 11.8. The maximum atomic E-state index is 13.2. The fraction of sp³-hybridized carbons (Fsp3) is 0.346. The summed E-state index contributed by atoms with van der Waals surface area (Å²) in [6.45, 7) is 0. The number of hydrogen-bond donors (Lipinski definition) is 2. The summed E-state index contributed by atoms with van der Waals surface area (Å²) >= 11 is 0. The molecule has 1 aromatic heterocycles. The van der Waals surface area contributed by atoms with E-state index < -0.39 is 17.6 Å². The molecule has 0 bridgehead atoms. The minimum Gasteiger partial charge on any atom is -0.349 e. The van der Waals surface area contributed by atoms with Crippen LogP contribution < -0.4 is 10.6 Å². The average molecular weight is 483 g/mol. The molecule has 2 amide bonds. The first kappa shape index (κ1) is 23.1. The molecule has 9 heteroatoms. The van der Waals surface area contributed by atoms with Crippen LogP contribution >= 0.6 is 0 Å². The highest BCUT2D eigenvalue weighted by atomic mass is 19.4. The molecule has 0 unspecified atom stereocenters. The van der Waals surface area contributed by atoms with Crippen molar-refractivity contribution in [2.45, 2.75) is 56.7 Å². The van der Waals surface area contributed by atoms with E-state index in [1.807, 2.05) is 0 Å². The van der Waals surface area contributed by atoms with Crippen molar-refractivity contribution in [1.29, 1.82) is 0 Å². The van der Waals surface area contributed by atoms with E-state index in [1.54, 1.807) is 30.3 Å². The molecule has 2 N–H and O–H groups in total. The number of benzene rings is 2. The second-order valence-corrected chi connectivity index (χ2v) is 9.16. The van der Waals surface area contributed by atoms with Crippen molar-refractivity contribution >= 4 is 17.5 Å². The Balaban J connectivity index is 1.33. The van der Waals surface area contributed by atoms with Gasteiger partial charge >= 0.3 is 6.18 Å². The number of hydrogen-bond acceptors (Lipinski definition) is 3. The topological polar surface area (TPSA) is 76.0 Å². The molecule has 6 nitrogen and oxygen atoms in total. The van der Waals surface area contributed by atoms with Crippen molar-refractivity contribution < 1.29 is 22.8 Å². The second-order valence-electron chi connectivity index (χ2n) is 9.16. The summed E-state index contributed by atoms with van der Waals surface area (Å²) in [4.78, 5) is 25.5. The molecule has 2 fully saturated rings. The zero-order chi connectivity index (χ0) is 24.6. The average Bonchev–Trinajstić information content (AvgIpc) is 3.36. The molecule has 3 aromatic rings. The lowest BCUT2D eigenvalue weighted by Gasteiger charge is -2.13. The number of halogens is 3. The molecule has 182 valence electrons. The number of carbonyl (C=O) groups is 2. The maximum absolute atomic E-state index is 13.2. The van der Waals surface area contributed by atoms with Crippen LogP contribution in [0.4, 0.5) is 18.9 Å². The third kappa shape index (κ3) is 5.08. The van der Waals surface area contributed by atoms with Crippen molar-refractivity contribution in [1.82, 2.24) is 15.1 Å². The third-order valence-electron chi connectivity index (χ3n) is 6.53. The van der Waals surface area contributed by atoms with Crippen LogP contribution in [0.25, 0.3) is 5.69 Å². The number of amides is 2. The lowest BCUT2D eigenvalue weighted by molar-refractivity contribution is -0.137. The van der Waals surface area contributed by atoms with Gasteiger partial charge in [0, 0.05) is 23.2 Å². The predicted molar refractivity (Wildman–Crippen MR) is 125 cm³/mol. The smallest absolute Gasteiger partial charge is 0.349 e. The lowest BCUT2D eigenvalue weighted by Crippen LogP contribution is -2.32. The van der Waals surface area contributed by atoms with E-state index in [1.165, 1.54) is 16.9 Å². The Labute approximate surface area is 200 Å². The second kappa shape index (κ2) is 9.20. The van der Waals surface area contributed by atoms with Crippen molar-refractivity contribution in [2.24, 2.45) is 0 Å². The van der Waals surface area contributed by atoms with E-state index in [0.717, 1.165) is 50.7 Å². The summed E-state index contributed by atoms with van der Waals surface area (Å²) in [5.74, 6) is -0.462. The minimum absolute atomic E-state index is 0.0643. The highest BCUT2D eigenvalue weighted by Gasteiger charge is 2.34. The van der Waals surface area contributed by atoms with E-state index in [2.05, 4.69) is 15.7 Å². The van der Waals surface area contributed by atoms with Gasteiger partial charge in [-0.2, -0.15) is 18.3 Å². The first-order chi connectivity index (χ1) is 16.8. The molecule has 0 spiro atoms. The first-order valence-corrected chi connectivity index (χ1v) is 11.8. The number of anilines is 1. The monoisotopic (exact) mass is 482 g/mol. The van der Waals surface area contributed by atoms with Gasteiger partial charge in [0.25, 0.3) is 11.8 Å². The number of aromatic nitrogens is 2. The van der Waals surface area contributed by atoms with E-state index in [9.17, 15) is 22.8 Å². The normalized spacial score (nSPS) is 16.3. The van der Waals surface area contributed by atoms with Gasteiger partial charge < -0.3 is 10.6 Å². The molecular formula is C26H25F3N4O2. The maximum Gasteiger partial charge on any atom is 0.416 e. The summed E-state index contributed by atoms with van der Waals surface area (Å²) in [5, 5.41) is 10.1. The van der Waals surface area contributed by atoms with Gasteiger partial charge in [0.15, 0.2) is 0 Å². The molecule has 35 heavy (non-hydrogen) atoms. The van der Waals surface area contributed by atoms with Crippen molar-refractivity contribution in [3.8, 4) is 5.69 Å². The van der Waals surface area contributed by atoms with Gasteiger partial charge in [-0.1, -0.05) is 18.9 Å². The number of alkyl halides is 3. The molecule has 5 rings (SSSR count). The van der Waals surface area contributed by atoms with E-state index >= 15 is 0 Å². The molecule has 2 aliphatic carbocycles. The van der Waals surface area contributed by atoms with Crippen LogP contribution in [0.1, 0.15) is 76.4 Å². The number of nitrogens with one attached hydrogen (secondary N) is 2. The van der Waals surface area contributed by atoms with Gasteiger partial charge in [-0.3, -0.25) is 9.59 Å². The van der Waals surface area contributed by atoms with Crippen molar-refractivity contribution in [3.63, 3.8) is 0 Å². The summed E-state index contributed by atoms with van der Waals surface area (Å²) < 4.78 is 41.0. The van der Waals surface area contributed by atoms with Gasteiger partial charge in [0.2, 0.25) is 0 Å². The van der Waals surface area contributed by atoms with Crippen molar-refractivity contribution in [2.75, 3.05) is 5.32 Å². The Morgan fingerprint density at radius 2 is 1.66 bits per heavy atom.